The fraction of sp³-hybridized carbons (Fsp3) is 0.357. The van der Waals surface area contributed by atoms with Gasteiger partial charge in [0.2, 0.25) is 21.7 Å². The number of rotatable bonds is 8. The summed E-state index contributed by atoms with van der Waals surface area (Å²) in [5, 5.41) is 19.3. The van der Waals surface area contributed by atoms with Crippen molar-refractivity contribution in [1.29, 1.82) is 0 Å². The molecule has 1 atom stereocenters. The predicted octanol–water partition coefficient (Wildman–Crippen LogP) is 4.04. The van der Waals surface area contributed by atoms with Gasteiger partial charge in [0.15, 0.2) is 28.2 Å². The number of hydrogen-bond acceptors (Lipinski definition) is 8. The van der Waals surface area contributed by atoms with Gasteiger partial charge >= 0.3 is 0 Å². The Morgan fingerprint density at radius 3 is 2.11 bits per heavy atom. The predicted molar refractivity (Wildman–Crippen MR) is 145 cm³/mol. The molecule has 2 aromatic carbocycles. The Hall–Kier alpha value is -4.22. The number of amides is 2. The first-order valence-electron chi connectivity index (χ1n) is 13.8. The Labute approximate surface area is 253 Å². The first kappa shape index (κ1) is 32.2. The number of carbonyl (C=O) groups excluding carboxylic acids is 2. The molecule has 1 aliphatic heterocycles. The summed E-state index contributed by atoms with van der Waals surface area (Å²) in [6.45, 7) is -0.836. The summed E-state index contributed by atoms with van der Waals surface area (Å²) in [4.78, 5) is 33.4. The molecule has 2 aliphatic rings. The summed E-state index contributed by atoms with van der Waals surface area (Å²) in [7, 11) is -5.42. The number of carbonyl (C=O) groups is 2. The second-order valence-corrected chi connectivity index (χ2v) is 12.5. The van der Waals surface area contributed by atoms with Crippen molar-refractivity contribution in [3.05, 3.63) is 76.6 Å². The van der Waals surface area contributed by atoms with Crippen LogP contribution < -0.4 is 10.4 Å². The lowest BCUT2D eigenvalue weighted by atomic mass is 9.87. The maximum absolute atomic E-state index is 14.5. The third-order valence-electron chi connectivity index (χ3n) is 7.97. The highest BCUT2D eigenvalue weighted by molar-refractivity contribution is 7.89. The summed E-state index contributed by atoms with van der Waals surface area (Å²) in [5.41, 5.74) is 1.89. The molecule has 1 saturated carbocycles. The highest BCUT2D eigenvalue weighted by atomic mass is 32.2. The molecule has 0 spiro atoms. The summed E-state index contributed by atoms with van der Waals surface area (Å²) in [5.74, 6) is -15.1. The van der Waals surface area contributed by atoms with E-state index in [2.05, 4.69) is 9.97 Å². The average Bonchev–Trinajstić information content (AvgIpc) is 3.01. The fourth-order valence-electron chi connectivity index (χ4n) is 5.46. The summed E-state index contributed by atoms with van der Waals surface area (Å²) < 4.78 is 97.0. The van der Waals surface area contributed by atoms with Crippen LogP contribution in [0.1, 0.15) is 66.2 Å². The van der Waals surface area contributed by atoms with Crippen LogP contribution in [0.2, 0.25) is 0 Å². The van der Waals surface area contributed by atoms with E-state index < -0.39 is 74.2 Å². The molecule has 1 unspecified atom stereocenters. The first-order chi connectivity index (χ1) is 21.4. The van der Waals surface area contributed by atoms with Crippen LogP contribution in [0.5, 0.6) is 5.75 Å². The normalized spacial score (nSPS) is 17.5. The molecule has 2 heterocycles. The molecule has 0 bridgehead atoms. The van der Waals surface area contributed by atoms with E-state index in [1.807, 2.05) is 0 Å². The number of halogens is 5. The number of phenols is 1. The molecule has 240 valence electrons. The number of anilines is 1. The van der Waals surface area contributed by atoms with E-state index in [4.69, 9.17) is 5.21 Å². The van der Waals surface area contributed by atoms with Gasteiger partial charge in [-0.25, -0.2) is 35.8 Å². The molecule has 1 saturated heterocycles. The Bertz CT molecular complexity index is 1730. The van der Waals surface area contributed by atoms with E-state index >= 15 is 0 Å². The molecular formula is C28H26F5N5O6S. The van der Waals surface area contributed by atoms with Gasteiger partial charge < -0.3 is 10.0 Å². The molecule has 1 aromatic heterocycles. The minimum atomic E-state index is -5.42. The number of nitrogens with one attached hydrogen (secondary N) is 1. The van der Waals surface area contributed by atoms with Crippen LogP contribution in [0.25, 0.3) is 0 Å². The lowest BCUT2D eigenvalue weighted by Gasteiger charge is -2.41. The monoisotopic (exact) mass is 655 g/mol. The van der Waals surface area contributed by atoms with Crippen LogP contribution in [-0.4, -0.2) is 57.4 Å². The smallest absolute Gasteiger partial charge is 0.278 e. The van der Waals surface area contributed by atoms with Gasteiger partial charge in [0.05, 0.1) is 29.7 Å². The maximum atomic E-state index is 14.5. The molecule has 1 aliphatic carbocycles. The van der Waals surface area contributed by atoms with Gasteiger partial charge in [0, 0.05) is 30.4 Å². The van der Waals surface area contributed by atoms with E-state index in [-0.39, 0.29) is 35.8 Å². The third kappa shape index (κ3) is 5.94. The van der Waals surface area contributed by atoms with Gasteiger partial charge in [-0.1, -0.05) is 19.3 Å². The molecule has 2 fully saturated rings. The molecule has 17 heteroatoms. The molecule has 45 heavy (non-hydrogen) atoms. The third-order valence-corrected chi connectivity index (χ3v) is 9.89. The lowest BCUT2D eigenvalue weighted by Crippen LogP contribution is -2.59. The van der Waals surface area contributed by atoms with Crippen LogP contribution >= 0.6 is 0 Å². The summed E-state index contributed by atoms with van der Waals surface area (Å²) >= 11 is 0. The Morgan fingerprint density at radius 1 is 0.933 bits per heavy atom. The quantitative estimate of drug-likeness (QED) is 0.108. The average molecular weight is 656 g/mol. The van der Waals surface area contributed by atoms with Gasteiger partial charge in [0.1, 0.15) is 11.8 Å². The number of phenolic OH excluding ortho intramolecular Hbond substituents is 1. The summed E-state index contributed by atoms with van der Waals surface area (Å²) in [6.07, 6.45) is 7.91. The standard InChI is InChI=1S/C28H26F5N5O6S/c29-21-22(30)24(32)26(25(33)23(21)31)45(43,44)38-9-8-19(38)28(41)37(16-6-7-17(20(39)10-16)27(40)36-42)13-15-11-35-18(12-34-15)14-4-2-1-3-5-14/h6-7,10-12,14,19,39,42H,1-5,8-9,13H2,(H,36,40). The number of sulfonamides is 1. The number of nitrogens with zero attached hydrogens (tertiary/aromatic N) is 4. The van der Waals surface area contributed by atoms with Crippen molar-refractivity contribution in [1.82, 2.24) is 19.8 Å². The van der Waals surface area contributed by atoms with Crippen molar-refractivity contribution in [3.63, 3.8) is 0 Å². The van der Waals surface area contributed by atoms with Crippen molar-refractivity contribution >= 4 is 27.5 Å². The van der Waals surface area contributed by atoms with Crippen molar-refractivity contribution in [2.75, 3.05) is 11.4 Å². The first-order valence-corrected chi connectivity index (χ1v) is 15.2. The SMILES string of the molecule is O=C(NO)c1ccc(N(Cc2cnc(C3CCCCC3)cn2)C(=O)C2CCN2S(=O)(=O)c2c(F)c(F)c(F)c(F)c2F)cc1O. The molecular weight excluding hydrogens is 629 g/mol. The lowest BCUT2D eigenvalue weighted by molar-refractivity contribution is -0.125. The highest BCUT2D eigenvalue weighted by Gasteiger charge is 2.48. The van der Waals surface area contributed by atoms with Gasteiger partial charge in [0.25, 0.3) is 5.91 Å². The zero-order chi connectivity index (χ0) is 32.6. The Balaban J connectivity index is 1.49. The van der Waals surface area contributed by atoms with Gasteiger partial charge in [-0.15, -0.1) is 0 Å². The number of hydrogen-bond donors (Lipinski definition) is 3. The zero-order valence-corrected chi connectivity index (χ0v) is 24.1. The van der Waals surface area contributed by atoms with Gasteiger partial charge in [-0.05, 0) is 31.4 Å². The number of aromatic hydroxyl groups is 1. The Morgan fingerprint density at radius 2 is 1.58 bits per heavy atom. The van der Waals surface area contributed by atoms with Gasteiger partial charge in [-0.2, -0.15) is 4.31 Å². The topological polar surface area (TPSA) is 153 Å². The second-order valence-electron chi connectivity index (χ2n) is 10.7. The highest BCUT2D eigenvalue weighted by Crippen LogP contribution is 2.36. The molecule has 0 radical (unpaired) electrons. The van der Waals surface area contributed by atoms with E-state index in [0.717, 1.165) is 54.8 Å². The number of hydroxylamine groups is 1. The maximum Gasteiger partial charge on any atom is 0.278 e. The molecule has 11 nitrogen and oxygen atoms in total. The van der Waals surface area contributed by atoms with Crippen molar-refractivity contribution in [2.45, 2.75) is 61.9 Å². The number of benzene rings is 2. The van der Waals surface area contributed by atoms with E-state index in [9.17, 15) is 45.1 Å². The molecule has 5 rings (SSSR count). The largest absolute Gasteiger partial charge is 0.507 e. The van der Waals surface area contributed by atoms with Crippen molar-refractivity contribution in [2.24, 2.45) is 0 Å². The van der Waals surface area contributed by atoms with E-state index in [1.165, 1.54) is 17.7 Å². The number of aromatic nitrogens is 2. The molecule has 2 amide bonds. The minimum Gasteiger partial charge on any atom is -0.507 e. The summed E-state index contributed by atoms with van der Waals surface area (Å²) in [6, 6.07) is 1.60. The molecule has 3 aromatic rings. The van der Waals surface area contributed by atoms with E-state index in [1.54, 1.807) is 6.20 Å². The van der Waals surface area contributed by atoms with Crippen LogP contribution in [0.4, 0.5) is 27.6 Å². The zero-order valence-electron chi connectivity index (χ0n) is 23.3. The van der Waals surface area contributed by atoms with Crippen LogP contribution in [-0.2, 0) is 21.4 Å². The second kappa shape index (κ2) is 12.6. The van der Waals surface area contributed by atoms with Crippen LogP contribution in [0.15, 0.2) is 35.5 Å². The van der Waals surface area contributed by atoms with Crippen LogP contribution in [0, 0.1) is 29.1 Å². The van der Waals surface area contributed by atoms with Crippen molar-refractivity contribution in [3.8, 4) is 5.75 Å². The minimum absolute atomic E-state index is 0.0781. The van der Waals surface area contributed by atoms with Crippen molar-refractivity contribution < 1.29 is 50.3 Å². The van der Waals surface area contributed by atoms with E-state index in [0.29, 0.717) is 4.31 Å². The molecule has 3 N–H and O–H groups in total. The fourth-order valence-corrected chi connectivity index (χ4v) is 7.20. The Kier molecular flexibility index (Phi) is 9.04. The van der Waals surface area contributed by atoms with Crippen LogP contribution in [0.3, 0.4) is 0 Å². The van der Waals surface area contributed by atoms with Gasteiger partial charge in [-0.3, -0.25) is 24.8 Å².